The SMILES string of the molecule is CC1(C)S[C@H]2N(C(=O)[C@@]2(NC=O)NC(=O)COc2ccccc2)[C@H]1C(=O)O. The second-order valence-corrected chi connectivity index (χ2v) is 8.48. The number of para-hydroxylation sites is 1. The fraction of sp³-hybridized carbons (Fsp3) is 0.412. The van der Waals surface area contributed by atoms with Crippen molar-refractivity contribution in [2.45, 2.75) is 35.7 Å². The lowest BCUT2D eigenvalue weighted by molar-refractivity contribution is -0.172. The lowest BCUT2D eigenvalue weighted by Gasteiger charge is -2.52. The zero-order valence-electron chi connectivity index (χ0n) is 14.7. The van der Waals surface area contributed by atoms with Crippen molar-refractivity contribution in [3.8, 4) is 5.75 Å². The number of fused-ring (bicyclic) bond motifs is 1. The summed E-state index contributed by atoms with van der Waals surface area (Å²) in [6, 6.07) is 7.60. The number of ether oxygens (including phenoxy) is 1. The van der Waals surface area contributed by atoms with E-state index in [-0.39, 0.29) is 6.61 Å². The van der Waals surface area contributed by atoms with E-state index >= 15 is 0 Å². The smallest absolute Gasteiger partial charge is 0.327 e. The topological polar surface area (TPSA) is 125 Å². The van der Waals surface area contributed by atoms with Gasteiger partial charge in [-0.25, -0.2) is 4.79 Å². The molecule has 0 aromatic heterocycles. The monoisotopic (exact) mass is 393 g/mol. The van der Waals surface area contributed by atoms with Gasteiger partial charge >= 0.3 is 5.97 Å². The van der Waals surface area contributed by atoms with Crippen molar-refractivity contribution < 1.29 is 29.0 Å². The molecule has 2 heterocycles. The van der Waals surface area contributed by atoms with Crippen LogP contribution in [0.15, 0.2) is 30.3 Å². The highest BCUT2D eigenvalue weighted by molar-refractivity contribution is 8.01. The molecule has 27 heavy (non-hydrogen) atoms. The van der Waals surface area contributed by atoms with Crippen molar-refractivity contribution >= 4 is 36.0 Å². The summed E-state index contributed by atoms with van der Waals surface area (Å²) in [5.41, 5.74) is -1.69. The lowest BCUT2D eigenvalue weighted by atomic mass is 9.91. The van der Waals surface area contributed by atoms with Gasteiger partial charge < -0.3 is 25.4 Å². The zero-order valence-corrected chi connectivity index (χ0v) is 15.5. The number of carboxylic acids is 1. The maximum atomic E-state index is 12.7. The molecular weight excluding hydrogens is 374 g/mol. The molecule has 2 aliphatic heterocycles. The quantitative estimate of drug-likeness (QED) is 0.332. The van der Waals surface area contributed by atoms with Crippen molar-refractivity contribution in [1.82, 2.24) is 15.5 Å². The molecule has 2 fully saturated rings. The summed E-state index contributed by atoms with van der Waals surface area (Å²) in [5, 5.41) is 13.6. The first-order valence-electron chi connectivity index (χ1n) is 8.16. The highest BCUT2D eigenvalue weighted by Crippen LogP contribution is 2.53. The van der Waals surface area contributed by atoms with Gasteiger partial charge in [0, 0.05) is 4.75 Å². The molecule has 0 saturated carbocycles. The number of amides is 3. The Balaban J connectivity index is 1.75. The Morgan fingerprint density at radius 2 is 2.00 bits per heavy atom. The van der Waals surface area contributed by atoms with E-state index in [4.69, 9.17) is 4.74 Å². The normalized spacial score (nSPS) is 27.9. The average Bonchev–Trinajstić information content (AvgIpc) is 2.89. The molecule has 3 N–H and O–H groups in total. The van der Waals surface area contributed by atoms with E-state index in [1.807, 2.05) is 0 Å². The second kappa shape index (κ2) is 6.76. The van der Waals surface area contributed by atoms with Crippen molar-refractivity contribution in [2.75, 3.05) is 6.61 Å². The summed E-state index contributed by atoms with van der Waals surface area (Å²) in [5.74, 6) is -1.94. The minimum atomic E-state index is -1.69. The number of nitrogens with zero attached hydrogens (tertiary/aromatic N) is 1. The Kier molecular flexibility index (Phi) is 4.77. The standard InChI is InChI=1S/C17H19N3O6S/c1-16(2)12(13(23)24)20-14(25)17(18-9-21,15(20)27-16)19-11(22)8-26-10-6-4-3-5-7-10/h3-7,9,12,15H,8H2,1-2H3,(H,18,21)(H,19,22)(H,23,24)/t12-,15+,17+/m0/s1. The van der Waals surface area contributed by atoms with Gasteiger partial charge in [0.25, 0.3) is 11.8 Å². The fourth-order valence-corrected chi connectivity index (χ4v) is 5.01. The van der Waals surface area contributed by atoms with Gasteiger partial charge in [-0.1, -0.05) is 18.2 Å². The number of aliphatic carboxylic acids is 1. The Morgan fingerprint density at radius 1 is 1.33 bits per heavy atom. The number of carbonyl (C=O) groups excluding carboxylic acids is 3. The molecule has 0 aliphatic carbocycles. The number of benzene rings is 1. The zero-order chi connectivity index (χ0) is 19.8. The molecule has 1 aromatic carbocycles. The fourth-order valence-electron chi connectivity index (χ4n) is 3.36. The molecule has 10 heteroatoms. The molecule has 0 bridgehead atoms. The van der Waals surface area contributed by atoms with Gasteiger partial charge in [0.05, 0.1) is 0 Å². The Hall–Kier alpha value is -2.75. The van der Waals surface area contributed by atoms with Crippen LogP contribution in [0, 0.1) is 0 Å². The number of hydrogen-bond donors (Lipinski definition) is 3. The van der Waals surface area contributed by atoms with Gasteiger partial charge in [-0.2, -0.15) is 0 Å². The number of nitrogens with one attached hydrogen (secondary N) is 2. The van der Waals surface area contributed by atoms with Crippen LogP contribution in [0.4, 0.5) is 0 Å². The molecular formula is C17H19N3O6S. The molecule has 3 atom stereocenters. The maximum absolute atomic E-state index is 12.7. The Morgan fingerprint density at radius 3 is 2.59 bits per heavy atom. The third-order valence-electron chi connectivity index (χ3n) is 4.52. The van der Waals surface area contributed by atoms with E-state index in [1.54, 1.807) is 44.2 Å². The molecule has 0 unspecified atom stereocenters. The van der Waals surface area contributed by atoms with Gasteiger partial charge in [-0.05, 0) is 26.0 Å². The Bertz CT molecular complexity index is 786. The van der Waals surface area contributed by atoms with Crippen LogP contribution in [0.2, 0.25) is 0 Å². The molecule has 3 amide bonds. The predicted molar refractivity (Wildman–Crippen MR) is 95.7 cm³/mol. The minimum Gasteiger partial charge on any atom is -0.484 e. The van der Waals surface area contributed by atoms with Gasteiger partial charge in [0.2, 0.25) is 12.1 Å². The number of rotatable bonds is 7. The number of β-lactam (4-membered cyclic amide) rings is 1. The van der Waals surface area contributed by atoms with E-state index in [2.05, 4.69) is 10.6 Å². The van der Waals surface area contributed by atoms with E-state index < -0.39 is 39.6 Å². The van der Waals surface area contributed by atoms with Gasteiger partial charge in [0.15, 0.2) is 6.61 Å². The predicted octanol–water partition coefficient (Wildman–Crippen LogP) is -0.229. The lowest BCUT2D eigenvalue weighted by Crippen LogP contribution is -2.85. The molecule has 2 aliphatic rings. The van der Waals surface area contributed by atoms with E-state index in [0.717, 1.165) is 0 Å². The van der Waals surface area contributed by atoms with Crippen LogP contribution in [-0.2, 0) is 19.2 Å². The van der Waals surface area contributed by atoms with Crippen molar-refractivity contribution in [1.29, 1.82) is 0 Å². The number of thioether (sulfide) groups is 1. The molecule has 1 aromatic rings. The van der Waals surface area contributed by atoms with Crippen molar-refractivity contribution in [2.24, 2.45) is 0 Å². The van der Waals surface area contributed by atoms with Gasteiger partial charge in [-0.15, -0.1) is 11.8 Å². The van der Waals surface area contributed by atoms with Crippen LogP contribution >= 0.6 is 11.8 Å². The van der Waals surface area contributed by atoms with Crippen LogP contribution in [0.25, 0.3) is 0 Å². The minimum absolute atomic E-state index is 0.315. The van der Waals surface area contributed by atoms with Crippen molar-refractivity contribution in [3.63, 3.8) is 0 Å². The molecule has 3 rings (SSSR count). The van der Waals surface area contributed by atoms with Crippen LogP contribution in [0.5, 0.6) is 5.75 Å². The summed E-state index contributed by atoms with van der Waals surface area (Å²) >= 11 is 1.21. The first kappa shape index (κ1) is 19.0. The maximum Gasteiger partial charge on any atom is 0.327 e. The first-order chi connectivity index (χ1) is 12.7. The van der Waals surface area contributed by atoms with Crippen LogP contribution < -0.4 is 15.4 Å². The third-order valence-corrected chi connectivity index (χ3v) is 6.15. The Labute approximate surface area is 159 Å². The molecule has 0 radical (unpaired) electrons. The highest BCUT2D eigenvalue weighted by Gasteiger charge is 2.72. The summed E-state index contributed by atoms with van der Waals surface area (Å²) in [7, 11) is 0. The summed E-state index contributed by atoms with van der Waals surface area (Å²) in [4.78, 5) is 48.9. The highest BCUT2D eigenvalue weighted by atomic mass is 32.2. The number of carbonyl (C=O) groups is 4. The van der Waals surface area contributed by atoms with E-state index in [1.165, 1.54) is 16.7 Å². The molecule has 0 spiro atoms. The molecule has 2 saturated heterocycles. The molecule has 9 nitrogen and oxygen atoms in total. The van der Waals surface area contributed by atoms with Gasteiger partial charge in [0.1, 0.15) is 17.2 Å². The summed E-state index contributed by atoms with van der Waals surface area (Å²) in [6.45, 7) is 3.05. The van der Waals surface area contributed by atoms with E-state index in [0.29, 0.717) is 12.2 Å². The summed E-state index contributed by atoms with van der Waals surface area (Å²) < 4.78 is 4.57. The first-order valence-corrected chi connectivity index (χ1v) is 9.04. The van der Waals surface area contributed by atoms with E-state index in [9.17, 15) is 24.3 Å². The largest absolute Gasteiger partial charge is 0.484 e. The second-order valence-electron chi connectivity index (χ2n) is 6.75. The average molecular weight is 393 g/mol. The van der Waals surface area contributed by atoms with Crippen LogP contribution in [-0.4, -0.2) is 62.6 Å². The third kappa shape index (κ3) is 3.09. The molecule has 144 valence electrons. The number of hydrogen-bond acceptors (Lipinski definition) is 6. The summed E-state index contributed by atoms with van der Waals surface area (Å²) in [6.07, 6.45) is 0.315. The van der Waals surface area contributed by atoms with Crippen LogP contribution in [0.3, 0.4) is 0 Å². The number of carboxylic acid groups (broad SMARTS) is 1. The van der Waals surface area contributed by atoms with Crippen molar-refractivity contribution in [3.05, 3.63) is 30.3 Å². The van der Waals surface area contributed by atoms with Gasteiger partial charge in [-0.3, -0.25) is 14.4 Å². The van der Waals surface area contributed by atoms with Crippen LogP contribution in [0.1, 0.15) is 13.8 Å².